The van der Waals surface area contributed by atoms with Gasteiger partial charge in [0.05, 0.1) is 12.7 Å². The van der Waals surface area contributed by atoms with Crippen LogP contribution in [0.3, 0.4) is 0 Å². The van der Waals surface area contributed by atoms with Crippen LogP contribution in [0, 0.1) is 22.7 Å². The zero-order valence-electron chi connectivity index (χ0n) is 18.9. The molecule has 2 aliphatic carbocycles. The molecule has 7 heteroatoms. The number of hydrogen-bond acceptors (Lipinski definition) is 5. The van der Waals surface area contributed by atoms with E-state index in [1.807, 2.05) is 18.7 Å². The summed E-state index contributed by atoms with van der Waals surface area (Å²) in [6, 6.07) is 0. The first-order valence-electron chi connectivity index (χ1n) is 11.8. The average molecular weight is 425 g/mol. The number of fused-ring (bicyclic) bond motifs is 1. The monoisotopic (exact) mass is 424 g/mol. The number of aliphatic hydroxyl groups excluding tert-OH is 2. The third-order valence-corrected chi connectivity index (χ3v) is 8.35. The number of hydrogen-bond donors (Lipinski definition) is 3. The zero-order valence-corrected chi connectivity index (χ0v) is 18.9. The lowest BCUT2D eigenvalue weighted by atomic mass is 9.46. The largest absolute Gasteiger partial charge is 0.446 e. The van der Waals surface area contributed by atoms with Gasteiger partial charge in [-0.1, -0.05) is 13.8 Å². The molecule has 30 heavy (non-hydrogen) atoms. The van der Waals surface area contributed by atoms with Crippen LogP contribution >= 0.6 is 0 Å². The third kappa shape index (κ3) is 4.33. The fourth-order valence-electron chi connectivity index (χ4n) is 6.56. The van der Waals surface area contributed by atoms with Crippen molar-refractivity contribution in [2.24, 2.45) is 22.7 Å². The molecule has 1 saturated heterocycles. The van der Waals surface area contributed by atoms with Crippen molar-refractivity contribution in [1.29, 1.82) is 0 Å². The maximum Gasteiger partial charge on any atom is 0.407 e. The van der Waals surface area contributed by atoms with Gasteiger partial charge >= 0.3 is 6.09 Å². The molecule has 0 aromatic heterocycles. The molecule has 172 valence electrons. The highest BCUT2D eigenvalue weighted by molar-refractivity contribution is 5.76. The lowest BCUT2D eigenvalue weighted by Gasteiger charge is -2.60. The summed E-state index contributed by atoms with van der Waals surface area (Å²) in [6.45, 7) is 8.06. The molecule has 3 fully saturated rings. The molecular formula is C23H40N2O5. The predicted octanol–water partition coefficient (Wildman–Crippen LogP) is 2.69. The fourth-order valence-corrected chi connectivity index (χ4v) is 6.56. The molecule has 6 atom stereocenters. The van der Waals surface area contributed by atoms with Gasteiger partial charge in [-0.3, -0.25) is 4.79 Å². The van der Waals surface area contributed by atoms with Crippen LogP contribution in [0.1, 0.15) is 72.1 Å². The maximum absolute atomic E-state index is 13.0. The normalized spacial score (nSPS) is 39.2. The zero-order chi connectivity index (χ0) is 21.9. The van der Waals surface area contributed by atoms with Crippen LogP contribution in [0.4, 0.5) is 4.79 Å². The number of rotatable bonds is 5. The van der Waals surface area contributed by atoms with Crippen molar-refractivity contribution in [3.8, 4) is 0 Å². The molecule has 6 unspecified atom stereocenters. The summed E-state index contributed by atoms with van der Waals surface area (Å²) in [4.78, 5) is 27.1. The van der Waals surface area contributed by atoms with Gasteiger partial charge in [-0.05, 0) is 69.1 Å². The number of nitrogens with one attached hydrogen (secondary N) is 1. The van der Waals surface area contributed by atoms with Crippen LogP contribution in [-0.2, 0) is 9.53 Å². The van der Waals surface area contributed by atoms with E-state index in [1.54, 1.807) is 0 Å². The van der Waals surface area contributed by atoms with Gasteiger partial charge in [0.2, 0.25) is 5.91 Å². The molecule has 0 bridgehead atoms. The number of ether oxygens (including phenoxy) is 1. The minimum atomic E-state index is -0.593. The van der Waals surface area contributed by atoms with Crippen molar-refractivity contribution in [1.82, 2.24) is 10.2 Å². The number of aliphatic hydroxyl groups is 2. The smallest absolute Gasteiger partial charge is 0.407 e. The highest BCUT2D eigenvalue weighted by Gasteiger charge is 2.60. The number of carbonyl (C=O) groups is 2. The molecule has 0 radical (unpaired) electrons. The van der Waals surface area contributed by atoms with Crippen LogP contribution in [0.25, 0.3) is 0 Å². The molecule has 3 aliphatic rings. The Morgan fingerprint density at radius 2 is 1.83 bits per heavy atom. The van der Waals surface area contributed by atoms with Crippen LogP contribution in [-0.4, -0.2) is 65.6 Å². The molecule has 1 heterocycles. The Kier molecular flexibility index (Phi) is 7.33. The Bertz CT molecular complexity index is 623. The van der Waals surface area contributed by atoms with Crippen molar-refractivity contribution in [3.05, 3.63) is 0 Å². The van der Waals surface area contributed by atoms with Gasteiger partial charge in [-0.15, -0.1) is 0 Å². The number of amides is 2. The molecular weight excluding hydrogens is 384 g/mol. The first-order valence-corrected chi connectivity index (χ1v) is 11.8. The van der Waals surface area contributed by atoms with Crippen LogP contribution in [0.2, 0.25) is 0 Å². The summed E-state index contributed by atoms with van der Waals surface area (Å²) in [6.07, 6.45) is 5.09. The number of nitrogens with zero attached hydrogens (tertiary/aromatic N) is 1. The van der Waals surface area contributed by atoms with Crippen molar-refractivity contribution < 1.29 is 24.5 Å². The number of piperidine rings is 1. The molecule has 1 aliphatic heterocycles. The average Bonchev–Trinajstić information content (AvgIpc) is 2.73. The molecule has 2 amide bonds. The molecule has 0 aromatic carbocycles. The van der Waals surface area contributed by atoms with Gasteiger partial charge in [-0.25, -0.2) is 4.79 Å². The van der Waals surface area contributed by atoms with Crippen LogP contribution in [0.5, 0.6) is 0 Å². The van der Waals surface area contributed by atoms with Crippen molar-refractivity contribution in [2.45, 2.75) is 84.3 Å². The first-order chi connectivity index (χ1) is 14.3. The Morgan fingerprint density at radius 3 is 2.47 bits per heavy atom. The van der Waals surface area contributed by atoms with E-state index in [0.29, 0.717) is 25.8 Å². The molecule has 0 spiro atoms. The van der Waals surface area contributed by atoms with Gasteiger partial charge < -0.3 is 25.2 Å². The second-order valence-electron chi connectivity index (χ2n) is 10.1. The number of carbonyl (C=O) groups excluding carboxylic acids is 2. The summed E-state index contributed by atoms with van der Waals surface area (Å²) in [7, 11) is 0. The van der Waals surface area contributed by atoms with E-state index in [9.17, 15) is 19.8 Å². The van der Waals surface area contributed by atoms with Gasteiger partial charge in [0.1, 0.15) is 6.10 Å². The fraction of sp³-hybridized carbons (Fsp3) is 0.913. The minimum absolute atomic E-state index is 0.0748. The summed E-state index contributed by atoms with van der Waals surface area (Å²) in [5.74, 6) is 0.0831. The Labute approximate surface area is 180 Å². The van der Waals surface area contributed by atoms with Crippen LogP contribution in [0.15, 0.2) is 0 Å². The SMILES string of the molecule is CCNC(=O)OC1CCC2(C)C(CC(=O)N3CCCCC3)C(O)CCC2C1(C)CO. The third-order valence-electron chi connectivity index (χ3n) is 8.35. The highest BCUT2D eigenvalue weighted by atomic mass is 16.6. The predicted molar refractivity (Wildman–Crippen MR) is 114 cm³/mol. The summed E-state index contributed by atoms with van der Waals surface area (Å²) in [5.41, 5.74) is -0.869. The van der Waals surface area contributed by atoms with Gasteiger partial charge in [0.25, 0.3) is 0 Å². The van der Waals surface area contributed by atoms with E-state index in [2.05, 4.69) is 12.2 Å². The number of likely N-dealkylation sites (tertiary alicyclic amines) is 1. The second-order valence-corrected chi connectivity index (χ2v) is 10.1. The van der Waals surface area contributed by atoms with Gasteiger partial charge in [0, 0.05) is 31.5 Å². The van der Waals surface area contributed by atoms with Crippen LogP contribution < -0.4 is 5.32 Å². The molecule has 3 N–H and O–H groups in total. The minimum Gasteiger partial charge on any atom is -0.446 e. The van der Waals surface area contributed by atoms with Crippen molar-refractivity contribution >= 4 is 12.0 Å². The Balaban J connectivity index is 1.80. The van der Waals surface area contributed by atoms with E-state index in [4.69, 9.17) is 4.74 Å². The van der Waals surface area contributed by atoms with Gasteiger partial charge in [0.15, 0.2) is 0 Å². The lowest BCUT2D eigenvalue weighted by Crippen LogP contribution is -2.61. The molecule has 3 rings (SSSR count). The maximum atomic E-state index is 13.0. The molecule has 2 saturated carbocycles. The van der Waals surface area contributed by atoms with E-state index >= 15 is 0 Å². The van der Waals surface area contributed by atoms with E-state index in [0.717, 1.165) is 38.8 Å². The van der Waals surface area contributed by atoms with Crippen molar-refractivity contribution in [2.75, 3.05) is 26.2 Å². The number of alkyl carbamates (subject to hydrolysis) is 1. The Hall–Kier alpha value is -1.34. The topological polar surface area (TPSA) is 99.1 Å². The first kappa shape index (κ1) is 23.3. The van der Waals surface area contributed by atoms with E-state index in [1.165, 1.54) is 6.42 Å². The Morgan fingerprint density at radius 1 is 1.13 bits per heavy atom. The molecule has 0 aromatic rings. The van der Waals surface area contributed by atoms with E-state index in [-0.39, 0.29) is 35.9 Å². The second kappa shape index (κ2) is 9.43. The van der Waals surface area contributed by atoms with E-state index < -0.39 is 17.6 Å². The molecule has 7 nitrogen and oxygen atoms in total. The quantitative estimate of drug-likeness (QED) is 0.630. The lowest BCUT2D eigenvalue weighted by molar-refractivity contribution is -0.187. The summed E-state index contributed by atoms with van der Waals surface area (Å²) in [5, 5.41) is 24.0. The van der Waals surface area contributed by atoms with Gasteiger partial charge in [-0.2, -0.15) is 0 Å². The standard InChI is InChI=1S/C23H40N2O5/c1-4-24-21(29)30-19-10-11-22(2)16(14-20(28)25-12-6-5-7-13-25)17(27)8-9-18(22)23(19,3)15-26/h16-19,26-27H,4-15H2,1-3H3,(H,24,29). The summed E-state index contributed by atoms with van der Waals surface area (Å²) >= 11 is 0. The highest BCUT2D eigenvalue weighted by Crippen LogP contribution is 2.61. The summed E-state index contributed by atoms with van der Waals surface area (Å²) < 4.78 is 5.72. The van der Waals surface area contributed by atoms with Crippen molar-refractivity contribution in [3.63, 3.8) is 0 Å².